The van der Waals surface area contributed by atoms with Crippen LogP contribution in [0.1, 0.15) is 0 Å². The summed E-state index contributed by atoms with van der Waals surface area (Å²) in [6.45, 7) is 0. The molecule has 0 aliphatic carbocycles. The zero-order valence-electron chi connectivity index (χ0n) is 28.8. The summed E-state index contributed by atoms with van der Waals surface area (Å²) < 4.78 is 4.35. The Kier molecular flexibility index (Phi) is 7.58. The molecule has 0 fully saturated rings. The van der Waals surface area contributed by atoms with Gasteiger partial charge in [0, 0.05) is 64.0 Å². The molecule has 9 nitrogen and oxygen atoms in total. The highest BCUT2D eigenvalue weighted by Gasteiger charge is 2.19. The van der Waals surface area contributed by atoms with Crippen LogP contribution in [-0.2, 0) is 0 Å². The molecule has 0 spiro atoms. The van der Waals surface area contributed by atoms with Gasteiger partial charge >= 0.3 is 0 Å². The lowest BCUT2D eigenvalue weighted by Crippen LogP contribution is -2.00. The molecular weight excluding hydrogens is 667 g/mol. The quantitative estimate of drug-likeness (QED) is 0.164. The summed E-state index contributed by atoms with van der Waals surface area (Å²) in [7, 11) is 0. The molecule has 0 unspecified atom stereocenters. The highest BCUT2D eigenvalue weighted by Crippen LogP contribution is 2.34. The molecule has 54 heavy (non-hydrogen) atoms. The summed E-state index contributed by atoms with van der Waals surface area (Å²) >= 11 is 0. The third-order valence-electron chi connectivity index (χ3n) is 9.40. The van der Waals surface area contributed by atoms with Crippen LogP contribution in [0.5, 0.6) is 0 Å². The van der Waals surface area contributed by atoms with Gasteiger partial charge < -0.3 is 0 Å². The summed E-state index contributed by atoms with van der Waals surface area (Å²) in [5.74, 6) is 3.33. The van der Waals surface area contributed by atoms with E-state index in [0.29, 0.717) is 17.5 Å². The van der Waals surface area contributed by atoms with Crippen molar-refractivity contribution >= 4 is 22.1 Å². The number of pyridine rings is 2. The van der Waals surface area contributed by atoms with E-state index in [1.54, 1.807) is 24.8 Å². The van der Waals surface area contributed by atoms with E-state index >= 15 is 0 Å². The molecule has 0 bridgehead atoms. The molecule has 5 aromatic heterocycles. The Bertz CT molecular complexity index is 2730. The first-order valence-corrected chi connectivity index (χ1v) is 17.6. The van der Waals surface area contributed by atoms with E-state index in [0.717, 1.165) is 72.9 Å². The maximum Gasteiger partial charge on any atom is 0.164 e. The second kappa shape index (κ2) is 13.2. The predicted octanol–water partition coefficient (Wildman–Crippen LogP) is 9.67. The Hall–Kier alpha value is -7.65. The van der Waals surface area contributed by atoms with E-state index in [9.17, 15) is 0 Å². The topological polar surface area (TPSA) is 100 Å². The first kappa shape index (κ1) is 31.1. The molecule has 0 aliphatic heterocycles. The van der Waals surface area contributed by atoms with Gasteiger partial charge in [0.25, 0.3) is 0 Å². The fourth-order valence-corrected chi connectivity index (χ4v) is 6.86. The van der Waals surface area contributed by atoms with Crippen molar-refractivity contribution in [1.29, 1.82) is 0 Å². The molecule has 0 saturated carbocycles. The molecule has 5 heterocycles. The lowest BCUT2D eigenvalue weighted by Gasteiger charge is -2.10. The largest absolute Gasteiger partial charge is 0.292 e. The molecule has 10 aromatic rings. The van der Waals surface area contributed by atoms with Gasteiger partial charge in [-0.25, -0.2) is 24.9 Å². The highest BCUT2D eigenvalue weighted by molar-refractivity contribution is 5.88. The van der Waals surface area contributed by atoms with Crippen LogP contribution in [0.25, 0.3) is 90.4 Å². The average Bonchev–Trinajstić information content (AvgIpc) is 3.84. The van der Waals surface area contributed by atoms with Crippen LogP contribution in [-0.4, -0.2) is 44.0 Å². The Morgan fingerprint density at radius 3 is 1.13 bits per heavy atom. The summed E-state index contributed by atoms with van der Waals surface area (Å²) in [5.41, 5.74) is 10.1. The minimum Gasteiger partial charge on any atom is -0.292 e. The second-order valence-corrected chi connectivity index (χ2v) is 12.8. The number of nitrogens with zero attached hydrogens (tertiary/aromatic N) is 9. The van der Waals surface area contributed by atoms with Crippen LogP contribution in [0.4, 0.5) is 0 Å². The zero-order chi connectivity index (χ0) is 35.8. The van der Waals surface area contributed by atoms with E-state index < -0.39 is 0 Å². The van der Waals surface area contributed by atoms with Crippen molar-refractivity contribution in [2.75, 3.05) is 0 Å². The second-order valence-electron chi connectivity index (χ2n) is 12.8. The van der Waals surface area contributed by atoms with Crippen molar-refractivity contribution in [3.8, 4) is 68.3 Å². The maximum atomic E-state index is 5.15. The van der Waals surface area contributed by atoms with Gasteiger partial charge in [0.2, 0.25) is 0 Å². The van der Waals surface area contributed by atoms with Crippen molar-refractivity contribution in [1.82, 2.24) is 44.0 Å². The van der Waals surface area contributed by atoms with Crippen LogP contribution in [0.2, 0.25) is 0 Å². The van der Waals surface area contributed by atoms with Gasteiger partial charge in [0.05, 0.1) is 22.1 Å². The van der Waals surface area contributed by atoms with Crippen LogP contribution in [0.15, 0.2) is 176 Å². The lowest BCUT2D eigenvalue weighted by atomic mass is 10.1. The fourth-order valence-electron chi connectivity index (χ4n) is 6.86. The number of hydrogen-bond acceptors (Lipinski definition) is 7. The van der Waals surface area contributed by atoms with Crippen molar-refractivity contribution in [3.05, 3.63) is 176 Å². The monoisotopic (exact) mass is 695 g/mol. The first-order chi connectivity index (χ1) is 26.8. The number of fused-ring (bicyclic) bond motifs is 2. The lowest BCUT2D eigenvalue weighted by molar-refractivity contribution is 1.07. The number of aromatic nitrogens is 9. The Morgan fingerprint density at radius 1 is 0.315 bits per heavy atom. The average molecular weight is 696 g/mol. The van der Waals surface area contributed by atoms with Gasteiger partial charge in [0.15, 0.2) is 17.5 Å². The van der Waals surface area contributed by atoms with Gasteiger partial charge in [-0.2, -0.15) is 0 Å². The van der Waals surface area contributed by atoms with Crippen LogP contribution in [0, 0.1) is 0 Å². The smallest absolute Gasteiger partial charge is 0.164 e. The van der Waals surface area contributed by atoms with Gasteiger partial charge in [0.1, 0.15) is 11.6 Å². The van der Waals surface area contributed by atoms with Crippen LogP contribution >= 0.6 is 0 Å². The van der Waals surface area contributed by atoms with E-state index in [4.69, 9.17) is 24.9 Å². The molecule has 0 radical (unpaired) electrons. The predicted molar refractivity (Wildman–Crippen MR) is 212 cm³/mol. The zero-order valence-corrected chi connectivity index (χ0v) is 28.8. The normalized spacial score (nSPS) is 11.3. The van der Waals surface area contributed by atoms with Crippen molar-refractivity contribution < 1.29 is 0 Å². The minimum absolute atomic E-state index is 0.549. The maximum absolute atomic E-state index is 5.15. The van der Waals surface area contributed by atoms with Gasteiger partial charge in [-0.05, 0) is 84.9 Å². The number of benzene rings is 5. The summed E-state index contributed by atoms with van der Waals surface area (Å²) in [6, 6.07) is 50.8. The molecule has 5 aromatic carbocycles. The third kappa shape index (κ3) is 5.57. The van der Waals surface area contributed by atoms with E-state index in [1.807, 2.05) is 91.0 Å². The molecule has 0 N–H and O–H groups in total. The van der Waals surface area contributed by atoms with Crippen LogP contribution in [0.3, 0.4) is 0 Å². The van der Waals surface area contributed by atoms with E-state index in [2.05, 4.69) is 79.8 Å². The van der Waals surface area contributed by atoms with Crippen molar-refractivity contribution in [2.24, 2.45) is 0 Å². The Labute approximate surface area is 310 Å². The number of imidazole rings is 2. The summed E-state index contributed by atoms with van der Waals surface area (Å²) in [4.78, 5) is 33.9. The molecule has 0 atom stereocenters. The Balaban J connectivity index is 1.14. The SMILES string of the molecule is c1ccc(-c2nc(-c3ccc4c(c3)nc(-c3ccncc3)n4-c3ccccc3)nc(-c3ccc4c(c3)nc(-c3ccncc3)n4-c3ccccc3)n2)cc1. The Morgan fingerprint density at radius 2 is 0.704 bits per heavy atom. The number of para-hydroxylation sites is 2. The molecule has 10 rings (SSSR count). The standard InChI is InChI=1S/C45H29N9/c1-4-10-30(11-5-1)41-50-42(33-16-18-39-37(28-33)48-44(31-20-24-46-25-21-31)53(39)35-12-6-2-7-13-35)52-43(51-41)34-17-19-40-38(29-34)49-45(32-22-26-47-27-23-32)54(40)36-14-8-3-9-15-36/h1-29H. The minimum atomic E-state index is 0.549. The van der Waals surface area contributed by atoms with E-state index in [1.165, 1.54) is 0 Å². The first-order valence-electron chi connectivity index (χ1n) is 17.6. The van der Waals surface area contributed by atoms with Crippen molar-refractivity contribution in [2.45, 2.75) is 0 Å². The fraction of sp³-hybridized carbons (Fsp3) is 0. The molecule has 9 heteroatoms. The molecule has 0 aliphatic rings. The van der Waals surface area contributed by atoms with Crippen LogP contribution < -0.4 is 0 Å². The highest BCUT2D eigenvalue weighted by atomic mass is 15.1. The molecule has 254 valence electrons. The number of rotatable bonds is 7. The van der Waals surface area contributed by atoms with Gasteiger partial charge in [-0.3, -0.25) is 19.1 Å². The summed E-state index contributed by atoms with van der Waals surface area (Å²) in [5, 5.41) is 0. The third-order valence-corrected chi connectivity index (χ3v) is 9.40. The molecular formula is C45H29N9. The van der Waals surface area contributed by atoms with Gasteiger partial charge in [-0.15, -0.1) is 0 Å². The number of hydrogen-bond donors (Lipinski definition) is 0. The van der Waals surface area contributed by atoms with E-state index in [-0.39, 0.29) is 0 Å². The molecule has 0 saturated heterocycles. The molecule has 0 amide bonds. The van der Waals surface area contributed by atoms with Gasteiger partial charge in [-0.1, -0.05) is 66.7 Å². The summed E-state index contributed by atoms with van der Waals surface area (Å²) in [6.07, 6.45) is 7.15. The van der Waals surface area contributed by atoms with Crippen molar-refractivity contribution in [3.63, 3.8) is 0 Å².